The number of allylic oxidation sites excluding steroid dienone is 3. The first-order valence-electron chi connectivity index (χ1n) is 14.8. The number of ether oxygens (including phenoxy) is 1. The molecule has 0 radical (unpaired) electrons. The van der Waals surface area contributed by atoms with Crippen molar-refractivity contribution in [3.05, 3.63) is 72.8 Å². The van der Waals surface area contributed by atoms with E-state index < -0.39 is 0 Å². The standard InChI is InChI=1S/C16H15NO2.C9H19NO.2C4H8.C2H6/c1-10-14-9-13(19)7-8-15(14)17(2)16(10)11-3-5-12(18)6-4-11;1-11-9-8-10-6-4-2-3-5-7-10;2*1-3-4-2;1-2/h3-9,18-19H,1-2H3;2-9H2,1H3;3-4H,1-2H3;3H,1,4H2,2H3;1-2H3/b;;4-3-;;. The molecule has 0 spiro atoms. The van der Waals surface area contributed by atoms with E-state index in [9.17, 15) is 10.2 Å². The Labute approximate surface area is 244 Å². The minimum absolute atomic E-state index is 0.262. The highest BCUT2D eigenvalue weighted by molar-refractivity contribution is 5.92. The Morgan fingerprint density at radius 3 is 1.90 bits per heavy atom. The molecule has 0 bridgehead atoms. The molecule has 5 heteroatoms. The van der Waals surface area contributed by atoms with Crippen molar-refractivity contribution < 1.29 is 14.9 Å². The lowest BCUT2D eigenvalue weighted by molar-refractivity contribution is 0.150. The third kappa shape index (κ3) is 13.4. The van der Waals surface area contributed by atoms with Crippen molar-refractivity contribution in [3.8, 4) is 22.8 Å². The second kappa shape index (κ2) is 22.8. The summed E-state index contributed by atoms with van der Waals surface area (Å²) in [4.78, 5) is 2.51. The SMILES string of the molecule is C/C=C\C.C=CCC.CC.COCCN1CCCCCC1.Cc1c(-c2ccc(O)cc2)n(C)c2ccc(O)cc12. The number of fused-ring (bicyclic) bond motifs is 1. The molecule has 224 valence electrons. The summed E-state index contributed by atoms with van der Waals surface area (Å²) >= 11 is 0. The van der Waals surface area contributed by atoms with Gasteiger partial charge in [0.1, 0.15) is 11.5 Å². The van der Waals surface area contributed by atoms with Crippen molar-refractivity contribution in [1.29, 1.82) is 0 Å². The summed E-state index contributed by atoms with van der Waals surface area (Å²) in [6.07, 6.45) is 12.6. The van der Waals surface area contributed by atoms with Crippen molar-refractivity contribution in [2.24, 2.45) is 7.05 Å². The van der Waals surface area contributed by atoms with Crippen LogP contribution in [0.15, 0.2) is 67.3 Å². The van der Waals surface area contributed by atoms with Crippen LogP contribution in [0.4, 0.5) is 0 Å². The first-order chi connectivity index (χ1) is 19.3. The predicted octanol–water partition coefficient (Wildman–Crippen LogP) is 9.26. The van der Waals surface area contributed by atoms with Gasteiger partial charge in [0.05, 0.1) is 12.3 Å². The lowest BCUT2D eigenvalue weighted by atomic mass is 10.1. The first-order valence-corrected chi connectivity index (χ1v) is 14.8. The van der Waals surface area contributed by atoms with Crippen LogP contribution in [0.3, 0.4) is 0 Å². The Balaban J connectivity index is 0.000000613. The molecular weight excluding hydrogens is 496 g/mol. The van der Waals surface area contributed by atoms with Crippen LogP contribution >= 0.6 is 0 Å². The largest absolute Gasteiger partial charge is 0.508 e. The van der Waals surface area contributed by atoms with E-state index >= 15 is 0 Å². The third-order valence-corrected chi connectivity index (χ3v) is 6.51. The van der Waals surface area contributed by atoms with Gasteiger partial charge < -0.3 is 24.4 Å². The number of likely N-dealkylation sites (tertiary alicyclic amines) is 1. The number of aryl methyl sites for hydroxylation is 2. The van der Waals surface area contributed by atoms with Crippen LogP contribution in [0.2, 0.25) is 0 Å². The smallest absolute Gasteiger partial charge is 0.116 e. The van der Waals surface area contributed by atoms with Gasteiger partial charge in [0.15, 0.2) is 0 Å². The Morgan fingerprint density at radius 1 is 0.900 bits per heavy atom. The summed E-state index contributed by atoms with van der Waals surface area (Å²) in [5.74, 6) is 0.538. The molecule has 0 aliphatic carbocycles. The minimum Gasteiger partial charge on any atom is -0.508 e. The van der Waals surface area contributed by atoms with Gasteiger partial charge in [0.25, 0.3) is 0 Å². The summed E-state index contributed by atoms with van der Waals surface area (Å²) in [6, 6.07) is 12.6. The summed E-state index contributed by atoms with van der Waals surface area (Å²) in [6.45, 7) is 20.2. The monoisotopic (exact) mass is 552 g/mol. The van der Waals surface area contributed by atoms with Gasteiger partial charge in [0, 0.05) is 31.6 Å². The molecule has 3 aromatic rings. The second-order valence-electron chi connectivity index (χ2n) is 9.39. The fraction of sp³-hybridized carbons (Fsp3) is 0.486. The van der Waals surface area contributed by atoms with Crippen LogP contribution in [-0.4, -0.2) is 53.0 Å². The van der Waals surface area contributed by atoms with Gasteiger partial charge in [0.2, 0.25) is 0 Å². The average Bonchev–Trinajstić information content (AvgIpc) is 3.14. The molecule has 0 atom stereocenters. The Morgan fingerprint density at radius 2 is 1.43 bits per heavy atom. The molecule has 0 saturated carbocycles. The lowest BCUT2D eigenvalue weighted by Crippen LogP contribution is -2.28. The van der Waals surface area contributed by atoms with Gasteiger partial charge in [-0.15, -0.1) is 6.58 Å². The maximum atomic E-state index is 9.62. The van der Waals surface area contributed by atoms with Crippen LogP contribution < -0.4 is 0 Å². The number of hydrogen-bond donors (Lipinski definition) is 2. The van der Waals surface area contributed by atoms with Gasteiger partial charge >= 0.3 is 0 Å². The average molecular weight is 553 g/mol. The van der Waals surface area contributed by atoms with Crippen molar-refractivity contribution in [2.75, 3.05) is 33.4 Å². The maximum Gasteiger partial charge on any atom is 0.116 e. The van der Waals surface area contributed by atoms with Crippen LogP contribution in [0.25, 0.3) is 22.2 Å². The maximum absolute atomic E-state index is 9.62. The highest BCUT2D eigenvalue weighted by atomic mass is 16.5. The topological polar surface area (TPSA) is 57.9 Å². The van der Waals surface area contributed by atoms with Crippen molar-refractivity contribution in [1.82, 2.24) is 9.47 Å². The molecule has 1 fully saturated rings. The van der Waals surface area contributed by atoms with Crippen LogP contribution in [0.5, 0.6) is 11.5 Å². The molecule has 4 rings (SSSR count). The molecule has 1 saturated heterocycles. The molecule has 2 aromatic carbocycles. The molecule has 2 heterocycles. The zero-order chi connectivity index (χ0) is 30.3. The summed E-state index contributed by atoms with van der Waals surface area (Å²) < 4.78 is 7.15. The van der Waals surface area contributed by atoms with E-state index in [4.69, 9.17) is 4.74 Å². The first kappa shape index (κ1) is 37.0. The van der Waals surface area contributed by atoms with E-state index in [0.29, 0.717) is 0 Å². The number of phenolic OH excluding ortho intramolecular Hbond substituents is 2. The van der Waals surface area contributed by atoms with E-state index in [2.05, 4.69) is 23.0 Å². The summed E-state index contributed by atoms with van der Waals surface area (Å²) in [7, 11) is 3.78. The number of nitrogens with zero attached hydrogens (tertiary/aromatic N) is 2. The number of hydrogen-bond acceptors (Lipinski definition) is 4. The van der Waals surface area contributed by atoms with Gasteiger partial charge in [-0.05, 0) is 107 Å². The highest BCUT2D eigenvalue weighted by Crippen LogP contribution is 2.34. The number of rotatable bonds is 5. The number of methoxy groups -OCH3 is 1. The van der Waals surface area contributed by atoms with Gasteiger partial charge in [-0.2, -0.15) is 0 Å². The van der Waals surface area contributed by atoms with Crippen LogP contribution in [0.1, 0.15) is 72.3 Å². The summed E-state index contributed by atoms with van der Waals surface area (Å²) in [5, 5.41) is 20.0. The summed E-state index contributed by atoms with van der Waals surface area (Å²) in [5.41, 5.74) is 4.35. The molecule has 0 amide bonds. The van der Waals surface area contributed by atoms with E-state index in [1.54, 1.807) is 31.4 Å². The predicted molar refractivity (Wildman–Crippen MR) is 176 cm³/mol. The van der Waals surface area contributed by atoms with E-state index in [0.717, 1.165) is 47.3 Å². The Bertz CT molecular complexity index is 1070. The van der Waals surface area contributed by atoms with Crippen molar-refractivity contribution in [2.45, 2.75) is 73.6 Å². The van der Waals surface area contributed by atoms with Crippen molar-refractivity contribution in [3.63, 3.8) is 0 Å². The second-order valence-corrected chi connectivity index (χ2v) is 9.39. The normalized spacial score (nSPS) is 12.9. The molecule has 1 aliphatic rings. The fourth-order valence-electron chi connectivity index (χ4n) is 4.23. The third-order valence-electron chi connectivity index (χ3n) is 6.51. The quantitative estimate of drug-likeness (QED) is 0.310. The van der Waals surface area contributed by atoms with Gasteiger partial charge in [-0.25, -0.2) is 0 Å². The Kier molecular flexibility index (Phi) is 21.0. The number of aromatic nitrogens is 1. The molecule has 40 heavy (non-hydrogen) atoms. The van der Waals surface area contributed by atoms with Gasteiger partial charge in [-0.3, -0.25) is 0 Å². The molecule has 5 nitrogen and oxygen atoms in total. The molecule has 0 unspecified atom stereocenters. The number of phenols is 2. The molecule has 1 aliphatic heterocycles. The number of benzene rings is 2. The zero-order valence-corrected chi connectivity index (χ0v) is 26.5. The fourth-order valence-corrected chi connectivity index (χ4v) is 4.23. The molecule has 2 N–H and O–H groups in total. The minimum atomic E-state index is 0.262. The van der Waals surface area contributed by atoms with Crippen molar-refractivity contribution >= 4 is 10.9 Å². The van der Waals surface area contributed by atoms with E-state index in [1.165, 1.54) is 38.8 Å². The number of aromatic hydroxyl groups is 2. The molecule has 1 aromatic heterocycles. The van der Waals surface area contributed by atoms with E-state index in [1.807, 2.05) is 78.1 Å². The zero-order valence-electron chi connectivity index (χ0n) is 26.5. The van der Waals surface area contributed by atoms with E-state index in [-0.39, 0.29) is 11.5 Å². The van der Waals surface area contributed by atoms with Crippen LogP contribution in [0, 0.1) is 6.92 Å². The molecular formula is C35H56N2O3. The highest BCUT2D eigenvalue weighted by Gasteiger charge is 2.13. The van der Waals surface area contributed by atoms with Gasteiger partial charge in [-0.1, -0.05) is 51.8 Å². The van der Waals surface area contributed by atoms with Crippen LogP contribution in [-0.2, 0) is 11.8 Å². The lowest BCUT2D eigenvalue weighted by Gasteiger charge is -2.18. The Hall–Kier alpha value is -3.02.